The van der Waals surface area contributed by atoms with E-state index in [1.807, 2.05) is 55.5 Å². The van der Waals surface area contributed by atoms with E-state index in [0.29, 0.717) is 56.2 Å². The van der Waals surface area contributed by atoms with Crippen molar-refractivity contribution in [2.24, 2.45) is 50.3 Å². The highest BCUT2D eigenvalue weighted by atomic mass is 16.2. The molecule has 2 aromatic heterocycles. The minimum Gasteiger partial charge on any atom is -0.370 e. The van der Waals surface area contributed by atoms with Gasteiger partial charge in [0.05, 0.1) is 0 Å². The number of hydrogen-bond acceptors (Lipinski definition) is 10. The first-order valence-corrected chi connectivity index (χ1v) is 28.0. The van der Waals surface area contributed by atoms with Gasteiger partial charge in [-0.1, -0.05) is 102 Å². The molecular weight excluding hydrogens is 1010 g/mol. The zero-order valence-corrected chi connectivity index (χ0v) is 46.4. The van der Waals surface area contributed by atoms with Gasteiger partial charge in [0.15, 0.2) is 11.9 Å². The van der Waals surface area contributed by atoms with Gasteiger partial charge in [-0.15, -0.1) is 0 Å². The molecule has 0 bridgehead atoms. The molecule has 0 aliphatic carbocycles. The van der Waals surface area contributed by atoms with Crippen molar-refractivity contribution in [1.82, 2.24) is 41.9 Å². The summed E-state index contributed by atoms with van der Waals surface area (Å²) >= 11 is 0. The lowest BCUT2D eigenvalue weighted by molar-refractivity contribution is -0.136. The Morgan fingerprint density at radius 3 is 1.46 bits per heavy atom. The summed E-state index contributed by atoms with van der Waals surface area (Å²) in [5, 5.41) is 18.7. The first-order chi connectivity index (χ1) is 37.9. The maximum atomic E-state index is 15.0. The number of aromatic amines is 2. The first kappa shape index (κ1) is 63.8. The summed E-state index contributed by atoms with van der Waals surface area (Å²) in [6.45, 7) is 6.49. The van der Waals surface area contributed by atoms with Gasteiger partial charge in [-0.3, -0.25) is 43.5 Å². The highest BCUT2D eigenvalue weighted by molar-refractivity contribution is 5.98. The van der Waals surface area contributed by atoms with E-state index in [1.165, 1.54) is 6.42 Å². The second-order valence-corrected chi connectivity index (χ2v) is 20.3. The summed E-state index contributed by atoms with van der Waals surface area (Å²) in [5.41, 5.74) is 36.7. The van der Waals surface area contributed by atoms with Crippen molar-refractivity contribution >= 4 is 75.1 Å². The van der Waals surface area contributed by atoms with Gasteiger partial charge in [0, 0.05) is 66.6 Å². The van der Waals surface area contributed by atoms with Crippen LogP contribution in [-0.4, -0.2) is 119 Å². The molecule has 23 heteroatoms. The number of nitrogens with two attached hydrogens (primary N) is 6. The molecule has 2 heterocycles. The number of unbranched alkanes of at least 4 members (excludes halogenated alkanes) is 7. The summed E-state index contributed by atoms with van der Waals surface area (Å²) in [5.74, 6) is -5.27. The van der Waals surface area contributed by atoms with Crippen LogP contribution in [0.1, 0.15) is 135 Å². The number of aliphatic imine (C=N–C) groups is 2. The largest absolute Gasteiger partial charge is 0.370 e. The van der Waals surface area contributed by atoms with Gasteiger partial charge >= 0.3 is 0 Å². The van der Waals surface area contributed by atoms with Gasteiger partial charge in [0.1, 0.15) is 36.3 Å². The van der Waals surface area contributed by atoms with Crippen molar-refractivity contribution in [2.75, 3.05) is 19.6 Å². The Bertz CT molecular complexity index is 2640. The van der Waals surface area contributed by atoms with Crippen molar-refractivity contribution in [3.8, 4) is 0 Å². The zero-order chi connectivity index (χ0) is 57.7. The zero-order valence-electron chi connectivity index (χ0n) is 46.4. The number of hydrogen-bond donors (Lipinski definition) is 14. The van der Waals surface area contributed by atoms with Gasteiger partial charge in [-0.2, -0.15) is 0 Å². The lowest BCUT2D eigenvalue weighted by Crippen LogP contribution is -2.61. The van der Waals surface area contributed by atoms with E-state index in [-0.39, 0.29) is 69.4 Å². The number of amides is 7. The van der Waals surface area contributed by atoms with E-state index >= 15 is 0 Å². The van der Waals surface area contributed by atoms with Crippen LogP contribution in [0.3, 0.4) is 0 Å². The van der Waals surface area contributed by atoms with Crippen molar-refractivity contribution in [3.63, 3.8) is 0 Å². The predicted octanol–water partition coefficient (Wildman–Crippen LogP) is 2.25. The van der Waals surface area contributed by atoms with E-state index in [9.17, 15) is 33.6 Å². The monoisotopic (exact) mass is 1100 g/mol. The number of aromatic nitrogens is 2. The molecule has 0 saturated heterocycles. The first-order valence-electron chi connectivity index (χ1n) is 28.0. The number of carbonyl (C=O) groups is 7. The Kier molecular flexibility index (Phi) is 27.7. The average molecular weight is 1100 g/mol. The number of nitrogens with zero attached hydrogens (tertiary/aromatic N) is 2. The van der Waals surface area contributed by atoms with E-state index in [1.54, 1.807) is 19.3 Å². The number of carbonyl (C=O) groups excluding carboxylic acids is 7. The highest BCUT2D eigenvalue weighted by Crippen LogP contribution is 2.22. The van der Waals surface area contributed by atoms with Gasteiger partial charge < -0.3 is 76.3 Å². The minimum atomic E-state index is -1.36. The topological polar surface area (TPSA) is 404 Å². The van der Waals surface area contributed by atoms with Gasteiger partial charge in [-0.25, -0.2) is 0 Å². The molecule has 0 saturated carbocycles. The number of guanidine groups is 2. The maximum absolute atomic E-state index is 15.0. The van der Waals surface area contributed by atoms with Crippen molar-refractivity contribution in [3.05, 3.63) is 72.1 Å². The number of fused-ring (bicyclic) bond motifs is 2. The minimum absolute atomic E-state index is 0.00336. The Balaban J connectivity index is 1.66. The van der Waals surface area contributed by atoms with Crippen LogP contribution in [-0.2, 0) is 46.4 Å². The van der Waals surface area contributed by atoms with Crippen LogP contribution in [0.2, 0.25) is 0 Å². The summed E-state index contributed by atoms with van der Waals surface area (Å²) in [4.78, 5) is 113. The number of benzene rings is 2. The van der Waals surface area contributed by atoms with E-state index in [2.05, 4.69) is 58.8 Å². The highest BCUT2D eigenvalue weighted by Gasteiger charge is 2.35. The van der Waals surface area contributed by atoms with E-state index in [4.69, 9.17) is 34.4 Å². The molecule has 0 spiro atoms. The molecule has 79 heavy (non-hydrogen) atoms. The molecule has 0 aliphatic heterocycles. The molecule has 20 N–H and O–H groups in total. The Hall–Kier alpha value is -7.69. The maximum Gasteiger partial charge on any atom is 0.243 e. The molecule has 0 unspecified atom stereocenters. The number of rotatable bonds is 38. The SMILES string of the molecule is CCCCCCCCCC(=O)N[C@@H](CCCCN)C(=O)N[C@H](C(=O)N[C@@H](CCCN=C(N)N)C(=O)N[C@@H](Cc1c[nH]c2ccccc12)C(=O)N[C@@H](Cc1c[nH]c2ccccc12)C(=O)N[C@@H](CCCN=C(N)N)C(N)=O)[C@@H](C)CC. The van der Waals surface area contributed by atoms with Crippen molar-refractivity contribution in [2.45, 2.75) is 173 Å². The molecule has 4 aromatic rings. The smallest absolute Gasteiger partial charge is 0.243 e. The van der Waals surface area contributed by atoms with Crippen molar-refractivity contribution in [1.29, 1.82) is 0 Å². The predicted molar refractivity (Wildman–Crippen MR) is 310 cm³/mol. The summed E-state index contributed by atoms with van der Waals surface area (Å²) < 4.78 is 0. The number of H-pyrrole nitrogens is 2. The summed E-state index contributed by atoms with van der Waals surface area (Å²) in [6.07, 6.45) is 13.3. The van der Waals surface area contributed by atoms with Crippen LogP contribution in [0.15, 0.2) is 70.9 Å². The Morgan fingerprint density at radius 2 is 0.949 bits per heavy atom. The fourth-order valence-corrected chi connectivity index (χ4v) is 9.33. The lowest BCUT2D eigenvalue weighted by atomic mass is 9.96. The van der Waals surface area contributed by atoms with E-state index in [0.717, 1.165) is 53.9 Å². The molecule has 0 radical (unpaired) electrons. The standard InChI is InChI=1S/C56H88N16O7/c1-4-6-7-8-9-10-11-27-47(73)67-43(24-16-17-28-57)51(76)72-48(35(3)5-2)54(79)69-44(26-19-30-64-56(61)62)50(75)70-46(32-37-34-66-41-23-15-13-21-39(37)41)53(78)71-45(31-36-33-65-40-22-14-12-20-38(36)40)52(77)68-42(49(58)74)25-18-29-63-55(59)60/h12-15,20-23,33-35,42-46,48,65-66H,4-11,16-19,24-32,57H2,1-3H3,(H2,58,74)(H,67,73)(H,68,77)(H,69,79)(H,70,75)(H,71,78)(H,72,76)(H4,59,60,63)(H4,61,62,64)/t35-,42-,43-,44-,45-,46-,48-/m0/s1. The molecule has 23 nitrogen and oxygen atoms in total. The summed E-state index contributed by atoms with van der Waals surface area (Å²) in [6, 6.07) is 7.62. The second kappa shape index (κ2) is 34.2. The third-order valence-electron chi connectivity index (χ3n) is 14.0. The molecule has 0 aliphatic rings. The van der Waals surface area contributed by atoms with Crippen LogP contribution >= 0.6 is 0 Å². The molecule has 2 aromatic carbocycles. The normalized spacial score (nSPS) is 13.9. The fourth-order valence-electron chi connectivity index (χ4n) is 9.33. The number of primary amides is 1. The Morgan fingerprint density at radius 1 is 0.506 bits per heavy atom. The molecule has 7 atom stereocenters. The van der Waals surface area contributed by atoms with Gasteiger partial charge in [0.2, 0.25) is 41.4 Å². The third kappa shape index (κ3) is 21.9. The van der Waals surface area contributed by atoms with Crippen molar-refractivity contribution < 1.29 is 33.6 Å². The molecule has 0 fully saturated rings. The Labute approximate surface area is 463 Å². The summed E-state index contributed by atoms with van der Waals surface area (Å²) in [7, 11) is 0. The molecule has 7 amide bonds. The number of para-hydroxylation sites is 2. The average Bonchev–Trinajstić information content (AvgIpc) is 4.13. The van der Waals surface area contributed by atoms with Crippen LogP contribution in [0.25, 0.3) is 21.8 Å². The third-order valence-corrected chi connectivity index (χ3v) is 14.0. The van der Waals surface area contributed by atoms with Gasteiger partial charge in [-0.05, 0) is 87.1 Å². The number of nitrogens with one attached hydrogen (secondary N) is 8. The van der Waals surface area contributed by atoms with E-state index < -0.39 is 77.6 Å². The van der Waals surface area contributed by atoms with Crippen LogP contribution in [0.5, 0.6) is 0 Å². The van der Waals surface area contributed by atoms with Gasteiger partial charge in [0.25, 0.3) is 0 Å². The van der Waals surface area contributed by atoms with Crippen LogP contribution in [0, 0.1) is 5.92 Å². The molecule has 4 rings (SSSR count). The van der Waals surface area contributed by atoms with Crippen LogP contribution < -0.4 is 66.3 Å². The molecular formula is C56H88N16O7. The second-order valence-electron chi connectivity index (χ2n) is 20.3. The fraction of sp³-hybridized carbons (Fsp3) is 0.554. The molecule has 434 valence electrons. The quantitative estimate of drug-likeness (QED) is 0.0175. The van der Waals surface area contributed by atoms with Crippen LogP contribution in [0.4, 0.5) is 0 Å². The lowest BCUT2D eigenvalue weighted by Gasteiger charge is -2.29.